The molecule has 0 aromatic rings. The monoisotopic (exact) mass is 215 g/mol. The summed E-state index contributed by atoms with van der Waals surface area (Å²) in [5.74, 6) is 4.55. The molecule has 1 N–H and O–H groups in total. The van der Waals surface area contributed by atoms with Crippen molar-refractivity contribution in [3.63, 3.8) is 0 Å². The van der Waals surface area contributed by atoms with Gasteiger partial charge in [-0.05, 0) is 49.1 Å². The molecule has 2 nitrogen and oxygen atoms in total. The fraction of sp³-hybridized carbons (Fsp3) is 1.00. The largest absolute Gasteiger partial charge is 0.380 e. The van der Waals surface area contributed by atoms with Gasteiger partial charge in [0.25, 0.3) is 0 Å². The molecule has 2 aliphatic rings. The predicted octanol–water partition coefficient (Wildman–Crippen LogP) is 1.76. The summed E-state index contributed by atoms with van der Waals surface area (Å²) in [7, 11) is 0. The minimum absolute atomic E-state index is 0.899. The van der Waals surface area contributed by atoms with Crippen molar-refractivity contribution in [2.24, 2.45) is 11.8 Å². The second-order valence-electron chi connectivity index (χ2n) is 4.45. The standard InChI is InChI=1S/C11H21NOS/c1-2-10(1)8-13-5-4-12-7-11-3-6-14-9-11/h10-12H,1-9H2. The molecule has 0 aromatic carbocycles. The molecule has 2 fully saturated rings. The van der Waals surface area contributed by atoms with Gasteiger partial charge in [-0.2, -0.15) is 11.8 Å². The van der Waals surface area contributed by atoms with Gasteiger partial charge in [0.2, 0.25) is 0 Å². The van der Waals surface area contributed by atoms with Crippen LogP contribution in [0.3, 0.4) is 0 Å². The Morgan fingerprint density at radius 3 is 2.86 bits per heavy atom. The number of hydrogen-bond donors (Lipinski definition) is 1. The molecule has 1 saturated heterocycles. The second kappa shape index (κ2) is 5.99. The highest BCUT2D eigenvalue weighted by atomic mass is 32.2. The van der Waals surface area contributed by atoms with E-state index >= 15 is 0 Å². The van der Waals surface area contributed by atoms with Crippen molar-refractivity contribution in [3.05, 3.63) is 0 Å². The summed E-state index contributed by atoms with van der Waals surface area (Å²) in [5.41, 5.74) is 0. The summed E-state index contributed by atoms with van der Waals surface area (Å²) in [4.78, 5) is 0. The maximum absolute atomic E-state index is 5.55. The van der Waals surface area contributed by atoms with E-state index in [1.54, 1.807) is 0 Å². The molecule has 1 aliphatic carbocycles. The Bertz CT molecular complexity index is 155. The summed E-state index contributed by atoms with van der Waals surface area (Å²) in [5, 5.41) is 3.48. The van der Waals surface area contributed by atoms with E-state index in [0.29, 0.717) is 0 Å². The second-order valence-corrected chi connectivity index (χ2v) is 5.60. The first-order chi connectivity index (χ1) is 6.95. The molecule has 1 heterocycles. The fourth-order valence-corrected chi connectivity index (χ4v) is 3.01. The Hall–Kier alpha value is 0.270. The minimum atomic E-state index is 0.899. The maximum atomic E-state index is 5.55. The molecule has 14 heavy (non-hydrogen) atoms. The van der Waals surface area contributed by atoms with Crippen LogP contribution in [0, 0.1) is 11.8 Å². The van der Waals surface area contributed by atoms with Crippen LogP contribution in [0.2, 0.25) is 0 Å². The quantitative estimate of drug-likeness (QED) is 0.654. The van der Waals surface area contributed by atoms with E-state index < -0.39 is 0 Å². The smallest absolute Gasteiger partial charge is 0.0591 e. The number of rotatable bonds is 7. The fourth-order valence-electron chi connectivity index (χ4n) is 1.73. The third-order valence-electron chi connectivity index (χ3n) is 2.93. The number of hydrogen-bond acceptors (Lipinski definition) is 3. The highest BCUT2D eigenvalue weighted by molar-refractivity contribution is 7.99. The zero-order valence-electron chi connectivity index (χ0n) is 8.84. The van der Waals surface area contributed by atoms with Gasteiger partial charge in [-0.1, -0.05) is 0 Å². The lowest BCUT2D eigenvalue weighted by atomic mass is 10.1. The Labute approximate surface area is 91.2 Å². The zero-order valence-corrected chi connectivity index (χ0v) is 9.65. The van der Waals surface area contributed by atoms with E-state index in [0.717, 1.165) is 31.6 Å². The van der Waals surface area contributed by atoms with Crippen molar-refractivity contribution in [1.82, 2.24) is 5.32 Å². The van der Waals surface area contributed by atoms with Crippen molar-refractivity contribution in [3.8, 4) is 0 Å². The molecule has 0 spiro atoms. The molecule has 0 aromatic heterocycles. The SMILES string of the molecule is C(COCC1CC1)NCC1CCSC1. The van der Waals surface area contributed by atoms with Crippen molar-refractivity contribution in [2.45, 2.75) is 19.3 Å². The number of ether oxygens (including phenoxy) is 1. The number of thioether (sulfide) groups is 1. The van der Waals surface area contributed by atoms with Gasteiger partial charge in [0, 0.05) is 13.2 Å². The van der Waals surface area contributed by atoms with Crippen LogP contribution < -0.4 is 5.32 Å². The molecular weight excluding hydrogens is 194 g/mol. The lowest BCUT2D eigenvalue weighted by molar-refractivity contribution is 0.125. The van der Waals surface area contributed by atoms with E-state index in [1.807, 2.05) is 0 Å². The molecule has 1 saturated carbocycles. The van der Waals surface area contributed by atoms with Crippen molar-refractivity contribution < 1.29 is 4.74 Å². The molecule has 2 rings (SSSR count). The van der Waals surface area contributed by atoms with Gasteiger partial charge >= 0.3 is 0 Å². The molecule has 0 bridgehead atoms. The molecule has 3 heteroatoms. The summed E-state index contributed by atoms with van der Waals surface area (Å²) >= 11 is 2.09. The van der Waals surface area contributed by atoms with E-state index in [9.17, 15) is 0 Å². The first kappa shape index (κ1) is 10.8. The van der Waals surface area contributed by atoms with Crippen LogP contribution in [-0.4, -0.2) is 37.8 Å². The van der Waals surface area contributed by atoms with Crippen molar-refractivity contribution in [2.75, 3.05) is 37.8 Å². The Kier molecular flexibility index (Phi) is 4.61. The highest BCUT2D eigenvalue weighted by Crippen LogP contribution is 2.28. The number of nitrogens with one attached hydrogen (secondary N) is 1. The van der Waals surface area contributed by atoms with Gasteiger partial charge in [0.05, 0.1) is 6.61 Å². The summed E-state index contributed by atoms with van der Waals surface area (Å²) in [6.07, 6.45) is 4.19. The van der Waals surface area contributed by atoms with E-state index in [-0.39, 0.29) is 0 Å². The molecule has 82 valence electrons. The molecule has 0 radical (unpaired) electrons. The van der Waals surface area contributed by atoms with Crippen LogP contribution in [0.15, 0.2) is 0 Å². The summed E-state index contributed by atoms with van der Waals surface area (Å²) < 4.78 is 5.55. The van der Waals surface area contributed by atoms with Crippen molar-refractivity contribution in [1.29, 1.82) is 0 Å². The maximum Gasteiger partial charge on any atom is 0.0591 e. The third-order valence-corrected chi connectivity index (χ3v) is 4.16. The average molecular weight is 215 g/mol. The van der Waals surface area contributed by atoms with Crippen LogP contribution in [0.1, 0.15) is 19.3 Å². The Morgan fingerprint density at radius 2 is 2.14 bits per heavy atom. The first-order valence-corrected chi connectivity index (χ1v) is 6.97. The van der Waals surface area contributed by atoms with Crippen LogP contribution in [0.4, 0.5) is 0 Å². The van der Waals surface area contributed by atoms with E-state index in [4.69, 9.17) is 4.74 Å². The normalized spacial score (nSPS) is 27.0. The van der Waals surface area contributed by atoms with Crippen LogP contribution in [0.25, 0.3) is 0 Å². The average Bonchev–Trinajstić information content (AvgIpc) is 2.87. The van der Waals surface area contributed by atoms with Crippen LogP contribution in [-0.2, 0) is 4.74 Å². The van der Waals surface area contributed by atoms with Crippen LogP contribution in [0.5, 0.6) is 0 Å². The van der Waals surface area contributed by atoms with E-state index in [2.05, 4.69) is 17.1 Å². The van der Waals surface area contributed by atoms with Crippen LogP contribution >= 0.6 is 11.8 Å². The highest BCUT2D eigenvalue weighted by Gasteiger charge is 2.20. The lowest BCUT2D eigenvalue weighted by Crippen LogP contribution is -2.26. The summed E-state index contributed by atoms with van der Waals surface area (Å²) in [6.45, 7) is 4.13. The Morgan fingerprint density at radius 1 is 1.21 bits per heavy atom. The molecule has 1 aliphatic heterocycles. The molecule has 1 atom stereocenters. The van der Waals surface area contributed by atoms with Gasteiger partial charge in [-0.15, -0.1) is 0 Å². The molecule has 0 amide bonds. The third kappa shape index (κ3) is 4.20. The Balaban J connectivity index is 1.35. The lowest BCUT2D eigenvalue weighted by Gasteiger charge is -2.09. The minimum Gasteiger partial charge on any atom is -0.380 e. The molecular formula is C11H21NOS. The zero-order chi connectivity index (χ0) is 9.64. The summed E-state index contributed by atoms with van der Waals surface area (Å²) in [6, 6.07) is 0. The van der Waals surface area contributed by atoms with Gasteiger partial charge in [0.1, 0.15) is 0 Å². The molecule has 1 unspecified atom stereocenters. The van der Waals surface area contributed by atoms with Gasteiger partial charge in [0.15, 0.2) is 0 Å². The van der Waals surface area contributed by atoms with Gasteiger partial charge in [-0.3, -0.25) is 0 Å². The topological polar surface area (TPSA) is 21.3 Å². The van der Waals surface area contributed by atoms with E-state index in [1.165, 1.54) is 37.3 Å². The van der Waals surface area contributed by atoms with Gasteiger partial charge in [-0.25, -0.2) is 0 Å². The van der Waals surface area contributed by atoms with Crippen molar-refractivity contribution >= 4 is 11.8 Å². The first-order valence-electron chi connectivity index (χ1n) is 5.81. The predicted molar refractivity (Wildman–Crippen MR) is 61.8 cm³/mol. The van der Waals surface area contributed by atoms with Gasteiger partial charge < -0.3 is 10.1 Å².